The van der Waals surface area contributed by atoms with E-state index in [-0.39, 0.29) is 5.91 Å². The minimum atomic E-state index is -0.838. The van der Waals surface area contributed by atoms with Crippen LogP contribution in [-0.2, 0) is 14.5 Å². The molecule has 80 valence electrons. The van der Waals surface area contributed by atoms with Crippen molar-refractivity contribution in [2.24, 2.45) is 0 Å². The van der Waals surface area contributed by atoms with E-state index in [9.17, 15) is 9.59 Å². The highest BCUT2D eigenvalue weighted by atomic mass is 17.1. The van der Waals surface area contributed by atoms with Gasteiger partial charge in [0.05, 0.1) is 0 Å². The molecule has 14 heavy (non-hydrogen) atoms. The number of amides is 1. The van der Waals surface area contributed by atoms with Gasteiger partial charge in [-0.2, -0.15) is 5.26 Å². The van der Waals surface area contributed by atoms with Gasteiger partial charge in [0.2, 0.25) is 5.91 Å². The largest absolute Gasteiger partial charge is 0.365 e. The lowest BCUT2D eigenvalue weighted by Crippen LogP contribution is -2.21. The third-order valence-electron chi connectivity index (χ3n) is 1.66. The molecule has 1 amide bonds. The molecule has 5 nitrogen and oxygen atoms in total. The van der Waals surface area contributed by atoms with Gasteiger partial charge in [0.15, 0.2) is 0 Å². The van der Waals surface area contributed by atoms with Gasteiger partial charge in [-0.3, -0.25) is 9.68 Å². The Morgan fingerprint density at radius 3 is 2.71 bits per heavy atom. The highest BCUT2D eigenvalue weighted by Crippen LogP contribution is 2.02. The molecule has 1 heterocycles. The molecule has 0 radical (unpaired) electrons. The minimum Gasteiger partial charge on any atom is -0.356 e. The lowest BCUT2D eigenvalue weighted by molar-refractivity contribution is -0.228. The average molecular weight is 201 g/mol. The summed E-state index contributed by atoms with van der Waals surface area (Å²) in [6.45, 7) is 3.88. The van der Waals surface area contributed by atoms with Crippen LogP contribution in [0.5, 0.6) is 0 Å². The van der Waals surface area contributed by atoms with E-state index in [0.29, 0.717) is 0 Å². The Hall–Kier alpha value is -1.36. The van der Waals surface area contributed by atoms with Gasteiger partial charge < -0.3 is 5.32 Å². The zero-order chi connectivity index (χ0) is 10.8. The van der Waals surface area contributed by atoms with Crippen molar-refractivity contribution in [3.8, 4) is 0 Å². The molecule has 1 aliphatic rings. The van der Waals surface area contributed by atoms with E-state index < -0.39 is 5.97 Å². The van der Waals surface area contributed by atoms with Gasteiger partial charge in [-0.1, -0.05) is 13.0 Å². The third-order valence-corrected chi connectivity index (χ3v) is 1.66. The molecule has 5 heteroatoms. The lowest BCUT2D eigenvalue weighted by Gasteiger charge is -1.93. The van der Waals surface area contributed by atoms with Crippen molar-refractivity contribution in [1.82, 2.24) is 5.32 Å². The normalized spacial score (nSPS) is 15.4. The van der Waals surface area contributed by atoms with E-state index in [1.54, 1.807) is 0 Å². The molecule has 0 aromatic rings. The van der Waals surface area contributed by atoms with Gasteiger partial charge in [-0.05, 0) is 12.8 Å². The molecule has 1 rings (SSSR count). The molecule has 1 aliphatic heterocycles. The summed E-state index contributed by atoms with van der Waals surface area (Å²) in [4.78, 5) is 23.3. The van der Waals surface area contributed by atoms with E-state index in [0.717, 1.165) is 31.9 Å². The minimum absolute atomic E-state index is 0.225. The fourth-order valence-corrected chi connectivity index (χ4v) is 0.941. The molecule has 0 saturated carbocycles. The van der Waals surface area contributed by atoms with Crippen molar-refractivity contribution in [2.45, 2.75) is 25.7 Å². The van der Waals surface area contributed by atoms with E-state index in [4.69, 9.17) is 5.26 Å². The summed E-state index contributed by atoms with van der Waals surface area (Å²) in [5.41, 5.74) is 0. The second kappa shape index (κ2) is 8.25. The van der Waals surface area contributed by atoms with E-state index in [2.05, 4.69) is 16.8 Å². The highest BCUT2D eigenvalue weighted by Gasteiger charge is 2.03. The second-order valence-corrected chi connectivity index (χ2v) is 2.78. The number of hydrogen-bond acceptors (Lipinski definition) is 4. The van der Waals surface area contributed by atoms with E-state index in [1.807, 2.05) is 0 Å². The average Bonchev–Trinajstić information content (AvgIpc) is 2.45. The number of carbonyl (C=O) groups is 2. The van der Waals surface area contributed by atoms with Crippen LogP contribution in [0.1, 0.15) is 25.7 Å². The Morgan fingerprint density at radius 1 is 1.50 bits per heavy atom. The van der Waals surface area contributed by atoms with Crippen LogP contribution in [0.2, 0.25) is 0 Å². The highest BCUT2D eigenvalue weighted by molar-refractivity contribution is 5.80. The molecule has 1 fully saturated rings. The maximum absolute atomic E-state index is 10.6. The quantitative estimate of drug-likeness (QED) is 0.375. The summed E-state index contributed by atoms with van der Waals surface area (Å²) in [6.07, 6.45) is 5.04. The first-order valence-corrected chi connectivity index (χ1v) is 4.45. The predicted octanol–water partition coefficient (Wildman–Crippen LogP) is 0.865. The summed E-state index contributed by atoms with van der Waals surface area (Å²) in [7, 11) is 0. The molecule has 0 spiro atoms. The number of carbonyl (C=O) groups excluding carboxylic acids is 2. The summed E-state index contributed by atoms with van der Waals surface area (Å²) >= 11 is 0. The number of hydrogen-bond donors (Lipinski definition) is 2. The Balaban J connectivity index is 0.000000255. The van der Waals surface area contributed by atoms with Crippen LogP contribution in [-0.4, -0.2) is 23.7 Å². The molecular formula is C9H15NO4. The lowest BCUT2D eigenvalue weighted by atomic mass is 10.2. The Morgan fingerprint density at radius 2 is 2.21 bits per heavy atom. The van der Waals surface area contributed by atoms with Gasteiger partial charge >= 0.3 is 5.97 Å². The molecule has 0 aromatic carbocycles. The number of rotatable bonds is 1. The van der Waals surface area contributed by atoms with Crippen molar-refractivity contribution < 1.29 is 19.7 Å². The van der Waals surface area contributed by atoms with Crippen molar-refractivity contribution in [3.63, 3.8) is 0 Å². The zero-order valence-corrected chi connectivity index (χ0v) is 7.99. The first-order valence-electron chi connectivity index (χ1n) is 4.45. The van der Waals surface area contributed by atoms with Crippen molar-refractivity contribution in [1.29, 1.82) is 0 Å². The first-order chi connectivity index (χ1) is 6.70. The smallest absolute Gasteiger partial charge is 0.356 e. The fourth-order valence-electron chi connectivity index (χ4n) is 0.941. The van der Waals surface area contributed by atoms with Gasteiger partial charge in [-0.25, -0.2) is 4.79 Å². The molecule has 1 saturated heterocycles. The molecule has 0 bridgehead atoms. The molecule has 0 aliphatic carbocycles. The van der Waals surface area contributed by atoms with Gasteiger partial charge in [0.25, 0.3) is 0 Å². The standard InChI is InChI=1S/C6H11NO.C3H4O3/c8-6-4-2-1-3-5-7-6;1-2-3(4)6-5/h1-5H2,(H,7,8);2,5H,1H2. The molecule has 0 atom stereocenters. The van der Waals surface area contributed by atoms with Crippen LogP contribution in [0.3, 0.4) is 0 Å². The number of nitrogens with one attached hydrogen (secondary N) is 1. The van der Waals surface area contributed by atoms with Crippen molar-refractivity contribution >= 4 is 11.9 Å². The van der Waals surface area contributed by atoms with Crippen LogP contribution in [0.15, 0.2) is 12.7 Å². The predicted molar refractivity (Wildman–Crippen MR) is 50.4 cm³/mol. The van der Waals surface area contributed by atoms with E-state index in [1.165, 1.54) is 6.42 Å². The van der Waals surface area contributed by atoms with Crippen molar-refractivity contribution in [2.75, 3.05) is 6.54 Å². The molecular weight excluding hydrogens is 186 g/mol. The second-order valence-electron chi connectivity index (χ2n) is 2.78. The van der Waals surface area contributed by atoms with Crippen molar-refractivity contribution in [3.05, 3.63) is 12.7 Å². The topological polar surface area (TPSA) is 75.6 Å². The Kier molecular flexibility index (Phi) is 7.45. The van der Waals surface area contributed by atoms with Gasteiger partial charge in [0, 0.05) is 19.0 Å². The van der Waals surface area contributed by atoms with Crippen LogP contribution in [0.25, 0.3) is 0 Å². The summed E-state index contributed by atoms with van der Waals surface area (Å²) < 4.78 is 0. The van der Waals surface area contributed by atoms with Gasteiger partial charge in [0.1, 0.15) is 0 Å². The third kappa shape index (κ3) is 7.30. The molecule has 0 unspecified atom stereocenters. The molecule has 2 N–H and O–H groups in total. The molecule has 0 aromatic heterocycles. The summed E-state index contributed by atoms with van der Waals surface area (Å²) in [5, 5.41) is 10.2. The van der Waals surface area contributed by atoms with Gasteiger partial charge in [-0.15, -0.1) is 0 Å². The maximum Gasteiger partial charge on any atom is 0.365 e. The fraction of sp³-hybridized carbons (Fsp3) is 0.556. The summed E-state index contributed by atoms with van der Waals surface area (Å²) in [5.74, 6) is -0.613. The van der Waals surface area contributed by atoms with Crippen LogP contribution >= 0.6 is 0 Å². The Bertz CT molecular complexity index is 193. The van der Waals surface area contributed by atoms with Crippen LogP contribution < -0.4 is 5.32 Å². The summed E-state index contributed by atoms with van der Waals surface area (Å²) in [6, 6.07) is 0. The van der Waals surface area contributed by atoms with Crippen LogP contribution in [0, 0.1) is 0 Å². The zero-order valence-electron chi connectivity index (χ0n) is 7.99. The Labute approximate surface area is 82.7 Å². The van der Waals surface area contributed by atoms with E-state index >= 15 is 0 Å². The van der Waals surface area contributed by atoms with Crippen LogP contribution in [0.4, 0.5) is 0 Å². The monoisotopic (exact) mass is 201 g/mol. The first kappa shape index (κ1) is 12.6. The maximum atomic E-state index is 10.6. The SMILES string of the molecule is C=CC(=O)OO.O=C1CCCCCN1.